The van der Waals surface area contributed by atoms with E-state index in [2.05, 4.69) is 0 Å². The van der Waals surface area contributed by atoms with E-state index in [-0.39, 0.29) is 24.1 Å². The number of hydrogen-bond donors (Lipinski definition) is 1. The average Bonchev–Trinajstić information content (AvgIpc) is 3.12. The van der Waals surface area contributed by atoms with Crippen LogP contribution in [-0.2, 0) is 11.3 Å². The molecular formula is C13H18ClFN2O. The molecule has 1 amide bonds. The predicted molar refractivity (Wildman–Crippen MR) is 70.9 cm³/mol. The molecule has 0 aromatic heterocycles. The fraction of sp³-hybridized carbons (Fsp3) is 0.462. The van der Waals surface area contributed by atoms with Gasteiger partial charge in [0.25, 0.3) is 0 Å². The van der Waals surface area contributed by atoms with Crippen molar-refractivity contribution in [1.82, 2.24) is 4.90 Å². The highest BCUT2D eigenvalue weighted by Crippen LogP contribution is 2.28. The third-order valence-electron chi connectivity index (χ3n) is 2.93. The van der Waals surface area contributed by atoms with Gasteiger partial charge >= 0.3 is 0 Å². The van der Waals surface area contributed by atoms with E-state index in [4.69, 9.17) is 5.73 Å². The number of halogens is 2. The molecule has 0 bridgehead atoms. The quantitative estimate of drug-likeness (QED) is 0.892. The van der Waals surface area contributed by atoms with Crippen molar-refractivity contribution in [2.24, 2.45) is 5.73 Å². The SMILES string of the molecule is Cl.NCCC(=O)N(Cc1ccc(F)cc1)C1CC1. The van der Waals surface area contributed by atoms with Crippen molar-refractivity contribution in [3.8, 4) is 0 Å². The Morgan fingerprint density at radius 3 is 2.44 bits per heavy atom. The van der Waals surface area contributed by atoms with Crippen LogP contribution in [0.5, 0.6) is 0 Å². The lowest BCUT2D eigenvalue weighted by molar-refractivity contribution is -0.132. The second kappa shape index (κ2) is 6.71. The fourth-order valence-electron chi connectivity index (χ4n) is 1.86. The number of nitrogens with zero attached hydrogens (tertiary/aromatic N) is 1. The first kappa shape index (κ1) is 14.9. The summed E-state index contributed by atoms with van der Waals surface area (Å²) in [5.41, 5.74) is 6.37. The van der Waals surface area contributed by atoms with Gasteiger partial charge in [-0.2, -0.15) is 0 Å². The van der Waals surface area contributed by atoms with Gasteiger partial charge in [-0.1, -0.05) is 12.1 Å². The maximum Gasteiger partial charge on any atom is 0.224 e. The normalized spacial score (nSPS) is 13.9. The Balaban J connectivity index is 0.00000162. The van der Waals surface area contributed by atoms with Crippen molar-refractivity contribution in [3.05, 3.63) is 35.6 Å². The summed E-state index contributed by atoms with van der Waals surface area (Å²) in [6.07, 6.45) is 2.52. The molecule has 1 aliphatic rings. The monoisotopic (exact) mass is 272 g/mol. The van der Waals surface area contributed by atoms with E-state index in [1.54, 1.807) is 12.1 Å². The highest BCUT2D eigenvalue weighted by atomic mass is 35.5. The minimum Gasteiger partial charge on any atom is -0.335 e. The minimum absolute atomic E-state index is 0. The molecule has 0 aliphatic heterocycles. The van der Waals surface area contributed by atoms with E-state index in [0.717, 1.165) is 18.4 Å². The third kappa shape index (κ3) is 3.96. The van der Waals surface area contributed by atoms with Crippen molar-refractivity contribution < 1.29 is 9.18 Å². The maximum absolute atomic E-state index is 12.8. The van der Waals surface area contributed by atoms with E-state index in [1.807, 2.05) is 4.90 Å². The first-order valence-corrected chi connectivity index (χ1v) is 5.94. The van der Waals surface area contributed by atoms with Crippen LogP contribution in [0.1, 0.15) is 24.8 Å². The number of hydrogen-bond acceptors (Lipinski definition) is 2. The Hall–Kier alpha value is -1.13. The molecule has 0 heterocycles. The van der Waals surface area contributed by atoms with E-state index < -0.39 is 0 Å². The highest BCUT2D eigenvalue weighted by Gasteiger charge is 2.31. The topological polar surface area (TPSA) is 46.3 Å². The Morgan fingerprint density at radius 2 is 1.94 bits per heavy atom. The van der Waals surface area contributed by atoms with Gasteiger partial charge in [-0.05, 0) is 30.5 Å². The zero-order valence-corrected chi connectivity index (χ0v) is 11.0. The van der Waals surface area contributed by atoms with Gasteiger partial charge in [0.15, 0.2) is 0 Å². The molecule has 1 saturated carbocycles. The summed E-state index contributed by atoms with van der Waals surface area (Å²) in [4.78, 5) is 13.7. The molecule has 1 aliphatic carbocycles. The van der Waals surface area contributed by atoms with Crippen molar-refractivity contribution in [2.75, 3.05) is 6.54 Å². The molecule has 0 radical (unpaired) electrons. The molecule has 0 saturated heterocycles. The number of nitrogens with two attached hydrogens (primary N) is 1. The maximum atomic E-state index is 12.8. The Morgan fingerprint density at radius 1 is 1.33 bits per heavy atom. The summed E-state index contributed by atoms with van der Waals surface area (Å²) in [5, 5.41) is 0. The summed E-state index contributed by atoms with van der Waals surface area (Å²) in [6.45, 7) is 0.940. The molecule has 1 aromatic rings. The average molecular weight is 273 g/mol. The van der Waals surface area contributed by atoms with Crippen LogP contribution in [0.25, 0.3) is 0 Å². The van der Waals surface area contributed by atoms with Crippen molar-refractivity contribution in [3.63, 3.8) is 0 Å². The Labute approximate surface area is 113 Å². The van der Waals surface area contributed by atoms with Crippen LogP contribution in [-0.4, -0.2) is 23.4 Å². The van der Waals surface area contributed by atoms with Gasteiger partial charge in [0, 0.05) is 25.6 Å². The van der Waals surface area contributed by atoms with Crippen LogP contribution in [0.3, 0.4) is 0 Å². The van der Waals surface area contributed by atoms with E-state index in [9.17, 15) is 9.18 Å². The predicted octanol–water partition coefficient (Wildman–Crippen LogP) is 2.09. The van der Waals surface area contributed by atoms with Crippen LogP contribution in [0.2, 0.25) is 0 Å². The second-order valence-corrected chi connectivity index (χ2v) is 4.42. The van der Waals surface area contributed by atoms with Gasteiger partial charge < -0.3 is 10.6 Å². The first-order chi connectivity index (χ1) is 8.20. The van der Waals surface area contributed by atoms with Gasteiger partial charge in [0.2, 0.25) is 5.91 Å². The lowest BCUT2D eigenvalue weighted by atomic mass is 10.2. The Bertz CT molecular complexity index is 392. The van der Waals surface area contributed by atoms with Gasteiger partial charge in [-0.3, -0.25) is 4.79 Å². The number of carbonyl (C=O) groups is 1. The van der Waals surface area contributed by atoms with E-state index in [0.29, 0.717) is 25.6 Å². The molecule has 2 N–H and O–H groups in total. The molecule has 3 nitrogen and oxygen atoms in total. The highest BCUT2D eigenvalue weighted by molar-refractivity contribution is 5.85. The Kier molecular flexibility index (Phi) is 5.56. The molecule has 1 aromatic carbocycles. The largest absolute Gasteiger partial charge is 0.335 e. The zero-order valence-electron chi connectivity index (χ0n) is 10.1. The lowest BCUT2D eigenvalue weighted by Crippen LogP contribution is -2.33. The molecule has 2 rings (SSSR count). The van der Waals surface area contributed by atoms with Gasteiger partial charge in [0.1, 0.15) is 5.82 Å². The second-order valence-electron chi connectivity index (χ2n) is 4.42. The zero-order chi connectivity index (χ0) is 12.3. The number of carbonyl (C=O) groups excluding carboxylic acids is 1. The summed E-state index contributed by atoms with van der Waals surface area (Å²) in [5.74, 6) is -0.153. The van der Waals surface area contributed by atoms with Crippen LogP contribution in [0.15, 0.2) is 24.3 Å². The molecule has 18 heavy (non-hydrogen) atoms. The summed E-state index contributed by atoms with van der Waals surface area (Å²) in [6, 6.07) is 6.65. The summed E-state index contributed by atoms with van der Waals surface area (Å²) < 4.78 is 12.8. The standard InChI is InChI=1S/C13H17FN2O.ClH/c14-11-3-1-10(2-4-11)9-16(12-5-6-12)13(17)7-8-15;/h1-4,12H,5-9,15H2;1H. The molecule has 5 heteroatoms. The smallest absolute Gasteiger partial charge is 0.224 e. The summed E-state index contributed by atoms with van der Waals surface area (Å²) >= 11 is 0. The molecule has 0 unspecified atom stereocenters. The first-order valence-electron chi connectivity index (χ1n) is 5.94. The number of amides is 1. The van der Waals surface area contributed by atoms with Crippen LogP contribution in [0, 0.1) is 5.82 Å². The van der Waals surface area contributed by atoms with Crippen LogP contribution < -0.4 is 5.73 Å². The van der Waals surface area contributed by atoms with Crippen molar-refractivity contribution in [2.45, 2.75) is 31.8 Å². The van der Waals surface area contributed by atoms with E-state index >= 15 is 0 Å². The number of rotatable bonds is 5. The van der Waals surface area contributed by atoms with E-state index in [1.165, 1.54) is 12.1 Å². The minimum atomic E-state index is -0.250. The van der Waals surface area contributed by atoms with Crippen LogP contribution in [0.4, 0.5) is 4.39 Å². The molecule has 0 spiro atoms. The van der Waals surface area contributed by atoms with Crippen molar-refractivity contribution in [1.29, 1.82) is 0 Å². The summed E-state index contributed by atoms with van der Waals surface area (Å²) in [7, 11) is 0. The van der Waals surface area contributed by atoms with Crippen LogP contribution >= 0.6 is 12.4 Å². The fourth-order valence-corrected chi connectivity index (χ4v) is 1.86. The molecule has 100 valence electrons. The molecule has 0 atom stereocenters. The van der Waals surface area contributed by atoms with Gasteiger partial charge in [0.05, 0.1) is 0 Å². The molecule has 1 fully saturated rings. The van der Waals surface area contributed by atoms with Crippen molar-refractivity contribution >= 4 is 18.3 Å². The number of benzene rings is 1. The van der Waals surface area contributed by atoms with Gasteiger partial charge in [-0.25, -0.2) is 4.39 Å². The molecular weight excluding hydrogens is 255 g/mol. The van der Waals surface area contributed by atoms with Gasteiger partial charge in [-0.15, -0.1) is 12.4 Å². The lowest BCUT2D eigenvalue weighted by Gasteiger charge is -2.22. The third-order valence-corrected chi connectivity index (χ3v) is 2.93.